The molecule has 0 atom stereocenters. The third kappa shape index (κ3) is 2.47. The lowest BCUT2D eigenvalue weighted by Gasteiger charge is -2.17. The van der Waals surface area contributed by atoms with Gasteiger partial charge in [-0.2, -0.15) is 13.2 Å². The molecule has 19 heavy (non-hydrogen) atoms. The van der Waals surface area contributed by atoms with Gasteiger partial charge >= 0.3 is 18.2 Å². The van der Waals surface area contributed by atoms with Gasteiger partial charge in [-0.05, 0) is 18.2 Å². The van der Waals surface area contributed by atoms with E-state index in [2.05, 4.69) is 4.74 Å². The number of hydrogen-bond donors (Lipinski definition) is 1. The van der Waals surface area contributed by atoms with E-state index >= 15 is 0 Å². The summed E-state index contributed by atoms with van der Waals surface area (Å²) in [5.74, 6) is -1.41. The zero-order chi connectivity index (χ0) is 14.2. The van der Waals surface area contributed by atoms with Gasteiger partial charge in [-0.1, -0.05) is 0 Å². The number of alkyl halides is 3. The molecule has 1 amide bonds. The van der Waals surface area contributed by atoms with Crippen molar-refractivity contribution >= 4 is 17.7 Å². The van der Waals surface area contributed by atoms with Gasteiger partial charge in [0.2, 0.25) is 0 Å². The lowest BCUT2D eigenvalue weighted by Crippen LogP contribution is -2.26. The van der Waals surface area contributed by atoms with Crippen molar-refractivity contribution in [1.82, 2.24) is 0 Å². The fourth-order valence-electron chi connectivity index (χ4n) is 1.72. The predicted molar refractivity (Wildman–Crippen MR) is 57.1 cm³/mol. The topological polar surface area (TPSA) is 66.8 Å². The van der Waals surface area contributed by atoms with E-state index in [9.17, 15) is 22.8 Å². The summed E-state index contributed by atoms with van der Waals surface area (Å²) < 4.78 is 42.4. The first-order valence-electron chi connectivity index (χ1n) is 5.19. The zero-order valence-corrected chi connectivity index (χ0v) is 9.40. The predicted octanol–water partition coefficient (Wildman–Crippen LogP) is 2.36. The molecule has 1 aromatic carbocycles. The molecule has 0 aliphatic carbocycles. The minimum absolute atomic E-state index is 0.00807. The van der Waals surface area contributed by atoms with Crippen LogP contribution in [-0.4, -0.2) is 30.3 Å². The highest BCUT2D eigenvalue weighted by molar-refractivity contribution is 6.00. The van der Waals surface area contributed by atoms with Gasteiger partial charge in [-0.3, -0.25) is 4.90 Å². The summed E-state index contributed by atoms with van der Waals surface area (Å²) in [6, 6.07) is 2.12. The maximum atomic E-state index is 12.6. The molecule has 0 spiro atoms. The summed E-state index contributed by atoms with van der Waals surface area (Å²) in [6.45, 7) is 0.0224. The minimum atomic E-state index is -4.62. The molecule has 0 bridgehead atoms. The molecule has 102 valence electrons. The van der Waals surface area contributed by atoms with E-state index < -0.39 is 23.8 Å². The lowest BCUT2D eigenvalue weighted by atomic mass is 10.1. The van der Waals surface area contributed by atoms with Gasteiger partial charge in [-0.15, -0.1) is 0 Å². The molecule has 0 aromatic heterocycles. The van der Waals surface area contributed by atoms with Gasteiger partial charge in [-0.25, -0.2) is 9.59 Å². The molecule has 1 aliphatic rings. The van der Waals surface area contributed by atoms with Crippen LogP contribution in [0.5, 0.6) is 0 Å². The van der Waals surface area contributed by atoms with Gasteiger partial charge < -0.3 is 9.84 Å². The number of nitrogens with zero attached hydrogens (tertiary/aromatic N) is 1. The lowest BCUT2D eigenvalue weighted by molar-refractivity contribution is -0.137. The number of amides is 1. The van der Waals surface area contributed by atoms with E-state index in [1.165, 1.54) is 0 Å². The Morgan fingerprint density at radius 1 is 1.37 bits per heavy atom. The van der Waals surface area contributed by atoms with Crippen molar-refractivity contribution in [3.05, 3.63) is 29.3 Å². The largest absolute Gasteiger partial charge is 0.478 e. The number of carboxylic acid groups (broad SMARTS) is 1. The zero-order valence-electron chi connectivity index (χ0n) is 9.40. The van der Waals surface area contributed by atoms with Crippen LogP contribution >= 0.6 is 0 Å². The molecule has 1 heterocycles. The number of aromatic carboxylic acids is 1. The fraction of sp³-hybridized carbons (Fsp3) is 0.273. The third-order valence-corrected chi connectivity index (χ3v) is 2.61. The Hall–Kier alpha value is -2.25. The summed E-state index contributed by atoms with van der Waals surface area (Å²) in [4.78, 5) is 23.2. The minimum Gasteiger partial charge on any atom is -0.478 e. The fourth-order valence-corrected chi connectivity index (χ4v) is 1.72. The number of carbonyl (C=O) groups is 2. The molecule has 0 radical (unpaired) electrons. The third-order valence-electron chi connectivity index (χ3n) is 2.61. The summed E-state index contributed by atoms with van der Waals surface area (Å²) in [5.41, 5.74) is -1.72. The number of hydrogen-bond acceptors (Lipinski definition) is 3. The second-order valence-electron chi connectivity index (χ2n) is 3.80. The highest BCUT2D eigenvalue weighted by atomic mass is 19.4. The SMILES string of the molecule is O=C(O)c1ccc(C(F)(F)F)cc1N1CCOC1=O. The van der Waals surface area contributed by atoms with E-state index in [-0.39, 0.29) is 24.4 Å². The highest BCUT2D eigenvalue weighted by Crippen LogP contribution is 2.34. The average Bonchev–Trinajstić information content (AvgIpc) is 2.73. The molecular formula is C11H8F3NO4. The number of rotatable bonds is 2. The maximum absolute atomic E-state index is 12.6. The summed E-state index contributed by atoms with van der Waals surface area (Å²) >= 11 is 0. The molecule has 2 rings (SSSR count). The van der Waals surface area contributed by atoms with Gasteiger partial charge in [0, 0.05) is 0 Å². The van der Waals surface area contributed by atoms with Crippen molar-refractivity contribution in [3.8, 4) is 0 Å². The quantitative estimate of drug-likeness (QED) is 0.899. The van der Waals surface area contributed by atoms with Crippen LogP contribution in [0.4, 0.5) is 23.7 Å². The van der Waals surface area contributed by atoms with Crippen molar-refractivity contribution in [2.75, 3.05) is 18.1 Å². The Morgan fingerprint density at radius 3 is 2.53 bits per heavy atom. The Labute approximate surface area is 105 Å². The second kappa shape index (κ2) is 4.45. The monoisotopic (exact) mass is 275 g/mol. The summed E-state index contributed by atoms with van der Waals surface area (Å²) in [6.07, 6.45) is -5.48. The molecule has 0 unspecified atom stereocenters. The average molecular weight is 275 g/mol. The number of carbonyl (C=O) groups excluding carboxylic acids is 1. The number of benzene rings is 1. The molecule has 1 aromatic rings. The summed E-state index contributed by atoms with van der Waals surface area (Å²) in [7, 11) is 0. The molecule has 1 N–H and O–H groups in total. The van der Waals surface area contributed by atoms with Crippen LogP contribution in [0.3, 0.4) is 0 Å². The smallest absolute Gasteiger partial charge is 0.416 e. The van der Waals surface area contributed by atoms with E-state index in [1.54, 1.807) is 0 Å². The normalized spacial score (nSPS) is 15.5. The molecule has 1 fully saturated rings. The first kappa shape index (κ1) is 13.2. The van der Waals surface area contributed by atoms with Gasteiger partial charge in [0.25, 0.3) is 0 Å². The van der Waals surface area contributed by atoms with Crippen molar-refractivity contribution < 1.29 is 32.6 Å². The Morgan fingerprint density at radius 2 is 2.05 bits per heavy atom. The molecular weight excluding hydrogens is 267 g/mol. The van der Waals surface area contributed by atoms with Crippen LogP contribution in [0.2, 0.25) is 0 Å². The maximum Gasteiger partial charge on any atom is 0.416 e. The molecule has 1 aliphatic heterocycles. The van der Waals surface area contributed by atoms with E-state index in [1.807, 2.05) is 0 Å². The van der Waals surface area contributed by atoms with Crippen molar-refractivity contribution in [1.29, 1.82) is 0 Å². The van der Waals surface area contributed by atoms with Crippen molar-refractivity contribution in [2.24, 2.45) is 0 Å². The van der Waals surface area contributed by atoms with Gasteiger partial charge in [0.1, 0.15) is 6.61 Å². The van der Waals surface area contributed by atoms with Crippen molar-refractivity contribution in [3.63, 3.8) is 0 Å². The van der Waals surface area contributed by atoms with Crippen molar-refractivity contribution in [2.45, 2.75) is 6.18 Å². The first-order valence-corrected chi connectivity index (χ1v) is 5.19. The number of cyclic esters (lactones) is 1. The van der Waals surface area contributed by atoms with E-state index in [0.29, 0.717) is 12.1 Å². The van der Waals surface area contributed by atoms with Crippen LogP contribution in [0.1, 0.15) is 15.9 Å². The Balaban J connectivity index is 2.54. The first-order chi connectivity index (χ1) is 8.80. The van der Waals surface area contributed by atoms with Crippen LogP contribution in [0.15, 0.2) is 18.2 Å². The number of anilines is 1. The van der Waals surface area contributed by atoms with Crippen LogP contribution in [-0.2, 0) is 10.9 Å². The van der Waals surface area contributed by atoms with E-state index in [0.717, 1.165) is 11.0 Å². The molecule has 1 saturated heterocycles. The summed E-state index contributed by atoms with van der Waals surface area (Å²) in [5, 5.41) is 8.95. The highest BCUT2D eigenvalue weighted by Gasteiger charge is 2.34. The molecule has 8 heteroatoms. The Kier molecular flexibility index (Phi) is 3.09. The standard InChI is InChI=1S/C11H8F3NO4/c12-11(13,14)6-1-2-7(9(16)17)8(5-6)15-3-4-19-10(15)18/h1-2,5H,3-4H2,(H,16,17). The van der Waals surface area contributed by atoms with E-state index in [4.69, 9.17) is 5.11 Å². The Bertz CT molecular complexity index is 541. The molecule has 5 nitrogen and oxygen atoms in total. The van der Waals surface area contributed by atoms with Gasteiger partial charge in [0.15, 0.2) is 0 Å². The van der Waals surface area contributed by atoms with Gasteiger partial charge in [0.05, 0.1) is 23.4 Å². The van der Waals surface area contributed by atoms with Crippen LogP contribution < -0.4 is 4.90 Å². The number of ether oxygens (including phenoxy) is 1. The number of halogens is 3. The van der Waals surface area contributed by atoms with Crippen LogP contribution in [0.25, 0.3) is 0 Å². The number of carboxylic acids is 1. The van der Waals surface area contributed by atoms with Crippen LogP contribution in [0, 0.1) is 0 Å². The molecule has 0 saturated carbocycles. The second-order valence-corrected chi connectivity index (χ2v) is 3.80.